The van der Waals surface area contributed by atoms with E-state index in [1.54, 1.807) is 11.3 Å². The van der Waals surface area contributed by atoms with Crippen LogP contribution in [0, 0.1) is 5.92 Å². The first kappa shape index (κ1) is 13.9. The second kappa shape index (κ2) is 5.77. The minimum Gasteiger partial charge on any atom is -0.322 e. The van der Waals surface area contributed by atoms with Crippen molar-refractivity contribution in [3.05, 3.63) is 10.8 Å². The molecule has 110 valence electrons. The average Bonchev–Trinajstić information content (AvgIpc) is 2.98. The maximum absolute atomic E-state index is 6.23. The van der Waals surface area contributed by atoms with Gasteiger partial charge < -0.3 is 5.73 Å². The third-order valence-corrected chi connectivity index (χ3v) is 5.07. The number of nitrogens with zero attached hydrogens (tertiary/aromatic N) is 4. The highest BCUT2D eigenvalue weighted by atomic mass is 32.1. The summed E-state index contributed by atoms with van der Waals surface area (Å²) in [5.74, 6) is 2.14. The second-order valence-electron chi connectivity index (χ2n) is 6.26. The first-order valence-electron chi connectivity index (χ1n) is 7.62. The fourth-order valence-electron chi connectivity index (χ4n) is 3.02. The molecule has 2 aromatic rings. The van der Waals surface area contributed by atoms with Gasteiger partial charge in [-0.1, -0.05) is 44.4 Å². The van der Waals surface area contributed by atoms with Crippen LogP contribution in [-0.4, -0.2) is 19.8 Å². The number of rotatable bonds is 4. The molecule has 0 saturated heterocycles. The molecular weight excluding hydrogens is 270 g/mol. The van der Waals surface area contributed by atoms with Crippen LogP contribution in [0.25, 0.3) is 4.96 Å². The van der Waals surface area contributed by atoms with E-state index in [2.05, 4.69) is 29.1 Å². The maximum Gasteiger partial charge on any atom is 0.234 e. The van der Waals surface area contributed by atoms with Gasteiger partial charge in [0.2, 0.25) is 4.96 Å². The van der Waals surface area contributed by atoms with Gasteiger partial charge in [-0.05, 0) is 25.2 Å². The van der Waals surface area contributed by atoms with E-state index in [0.29, 0.717) is 11.8 Å². The third kappa shape index (κ3) is 2.72. The monoisotopic (exact) mass is 293 g/mol. The van der Waals surface area contributed by atoms with E-state index in [1.165, 1.54) is 32.1 Å². The van der Waals surface area contributed by atoms with E-state index in [-0.39, 0.29) is 6.04 Å². The molecule has 0 amide bonds. The minimum atomic E-state index is 0.0147. The Bertz CT molecular complexity index is 567. The lowest BCUT2D eigenvalue weighted by atomic mass is 9.89. The Morgan fingerprint density at radius 1 is 1.25 bits per heavy atom. The lowest BCUT2D eigenvalue weighted by Gasteiger charge is -2.18. The van der Waals surface area contributed by atoms with Gasteiger partial charge in [0.05, 0.1) is 6.04 Å². The van der Waals surface area contributed by atoms with Gasteiger partial charge in [0.25, 0.3) is 0 Å². The quantitative estimate of drug-likeness (QED) is 0.939. The molecule has 0 radical (unpaired) electrons. The highest BCUT2D eigenvalue weighted by Crippen LogP contribution is 2.33. The van der Waals surface area contributed by atoms with Gasteiger partial charge in [-0.15, -0.1) is 10.2 Å². The number of hydrogen-bond acceptors (Lipinski definition) is 5. The Kier molecular flexibility index (Phi) is 4.03. The molecule has 1 unspecified atom stereocenters. The van der Waals surface area contributed by atoms with Crippen LogP contribution in [-0.2, 0) is 0 Å². The Morgan fingerprint density at radius 3 is 2.70 bits per heavy atom. The van der Waals surface area contributed by atoms with Crippen LogP contribution in [0.5, 0.6) is 0 Å². The molecule has 0 bridgehead atoms. The van der Waals surface area contributed by atoms with Crippen LogP contribution < -0.4 is 5.73 Å². The van der Waals surface area contributed by atoms with Crippen LogP contribution in [0.1, 0.15) is 75.2 Å². The van der Waals surface area contributed by atoms with Crippen molar-refractivity contribution in [2.45, 2.75) is 64.3 Å². The summed E-state index contributed by atoms with van der Waals surface area (Å²) in [6.45, 7) is 4.38. The smallest absolute Gasteiger partial charge is 0.234 e. The van der Waals surface area contributed by atoms with Crippen LogP contribution in [0.3, 0.4) is 0 Å². The summed E-state index contributed by atoms with van der Waals surface area (Å²) in [7, 11) is 0. The van der Waals surface area contributed by atoms with Gasteiger partial charge >= 0.3 is 0 Å². The largest absolute Gasteiger partial charge is 0.322 e. The summed E-state index contributed by atoms with van der Waals surface area (Å²) in [6, 6.07) is 0.0147. The minimum absolute atomic E-state index is 0.0147. The first-order chi connectivity index (χ1) is 9.65. The van der Waals surface area contributed by atoms with Crippen molar-refractivity contribution in [1.29, 1.82) is 0 Å². The lowest BCUT2D eigenvalue weighted by molar-refractivity contribution is 0.422. The molecule has 1 aliphatic rings. The van der Waals surface area contributed by atoms with E-state index in [1.807, 2.05) is 4.52 Å². The van der Waals surface area contributed by atoms with Crippen molar-refractivity contribution in [2.24, 2.45) is 11.7 Å². The van der Waals surface area contributed by atoms with Gasteiger partial charge in [-0.25, -0.2) is 0 Å². The fourth-order valence-corrected chi connectivity index (χ4v) is 3.88. The number of fused-ring (bicyclic) bond motifs is 1. The van der Waals surface area contributed by atoms with E-state index < -0.39 is 0 Å². The first-order valence-corrected chi connectivity index (χ1v) is 8.44. The van der Waals surface area contributed by atoms with Gasteiger partial charge in [0, 0.05) is 5.92 Å². The Labute approximate surface area is 123 Å². The zero-order valence-corrected chi connectivity index (χ0v) is 13.1. The summed E-state index contributed by atoms with van der Waals surface area (Å²) in [6.07, 6.45) is 7.33. The summed E-state index contributed by atoms with van der Waals surface area (Å²) >= 11 is 1.59. The van der Waals surface area contributed by atoms with Gasteiger partial charge in [0.15, 0.2) is 5.82 Å². The molecule has 3 rings (SSSR count). The predicted molar refractivity (Wildman–Crippen MR) is 80.9 cm³/mol. The SMILES string of the molecule is CC(C)CC(N)c1nn2c(C3CCCCC3)nnc2s1. The molecule has 0 aliphatic heterocycles. The molecule has 5 nitrogen and oxygen atoms in total. The van der Waals surface area contributed by atoms with Crippen molar-refractivity contribution in [3.8, 4) is 0 Å². The van der Waals surface area contributed by atoms with Crippen LogP contribution >= 0.6 is 11.3 Å². The molecule has 1 saturated carbocycles. The summed E-state index contributed by atoms with van der Waals surface area (Å²) in [5, 5.41) is 14.3. The highest BCUT2D eigenvalue weighted by molar-refractivity contribution is 7.16. The molecule has 6 heteroatoms. The Hall–Kier alpha value is -1.01. The zero-order chi connectivity index (χ0) is 14.1. The lowest BCUT2D eigenvalue weighted by Crippen LogP contribution is -2.14. The zero-order valence-electron chi connectivity index (χ0n) is 12.2. The molecule has 2 N–H and O–H groups in total. The normalized spacial score (nSPS) is 19.0. The summed E-state index contributed by atoms with van der Waals surface area (Å²) < 4.78 is 1.94. The molecule has 1 atom stereocenters. The molecule has 1 aliphatic carbocycles. The third-order valence-electron chi connectivity index (χ3n) is 4.04. The molecule has 1 fully saturated rings. The molecule has 0 spiro atoms. The van der Waals surface area contributed by atoms with Crippen molar-refractivity contribution in [2.75, 3.05) is 0 Å². The fraction of sp³-hybridized carbons (Fsp3) is 0.786. The molecule has 2 aromatic heterocycles. The van der Waals surface area contributed by atoms with E-state index >= 15 is 0 Å². The van der Waals surface area contributed by atoms with Gasteiger partial charge in [0.1, 0.15) is 5.01 Å². The molecule has 0 aromatic carbocycles. The van der Waals surface area contributed by atoms with Gasteiger partial charge in [-0.3, -0.25) is 0 Å². The molecule has 2 heterocycles. The van der Waals surface area contributed by atoms with Crippen molar-refractivity contribution in [1.82, 2.24) is 19.8 Å². The average molecular weight is 293 g/mol. The predicted octanol–water partition coefficient (Wildman–Crippen LogP) is 3.28. The van der Waals surface area contributed by atoms with E-state index in [9.17, 15) is 0 Å². The van der Waals surface area contributed by atoms with E-state index in [0.717, 1.165) is 22.2 Å². The van der Waals surface area contributed by atoms with Crippen LogP contribution in [0.2, 0.25) is 0 Å². The van der Waals surface area contributed by atoms with Gasteiger partial charge in [-0.2, -0.15) is 9.61 Å². The standard InChI is InChI=1S/C14H23N5S/c1-9(2)8-11(15)13-18-19-12(16-17-14(19)20-13)10-6-4-3-5-7-10/h9-11H,3-8,15H2,1-2H3. The second-order valence-corrected chi connectivity index (χ2v) is 7.25. The number of hydrogen-bond donors (Lipinski definition) is 1. The van der Waals surface area contributed by atoms with Crippen LogP contribution in [0.15, 0.2) is 0 Å². The van der Waals surface area contributed by atoms with E-state index in [4.69, 9.17) is 5.73 Å². The highest BCUT2D eigenvalue weighted by Gasteiger charge is 2.24. The Morgan fingerprint density at radius 2 is 2.00 bits per heavy atom. The number of nitrogens with two attached hydrogens (primary N) is 1. The van der Waals surface area contributed by atoms with Crippen molar-refractivity contribution >= 4 is 16.3 Å². The van der Waals surface area contributed by atoms with Crippen molar-refractivity contribution in [3.63, 3.8) is 0 Å². The maximum atomic E-state index is 6.23. The molecular formula is C14H23N5S. The van der Waals surface area contributed by atoms with Crippen LogP contribution in [0.4, 0.5) is 0 Å². The Balaban J connectivity index is 1.86. The van der Waals surface area contributed by atoms with Crippen molar-refractivity contribution < 1.29 is 0 Å². The topological polar surface area (TPSA) is 69.1 Å². The molecule has 20 heavy (non-hydrogen) atoms. The summed E-state index contributed by atoms with van der Waals surface area (Å²) in [5.41, 5.74) is 6.23. The summed E-state index contributed by atoms with van der Waals surface area (Å²) in [4.78, 5) is 0.889. The number of aromatic nitrogens is 4.